The molecule has 0 aliphatic carbocycles. The summed E-state index contributed by atoms with van der Waals surface area (Å²) in [6.07, 6.45) is 0. The molecule has 0 unspecified atom stereocenters. The minimum atomic E-state index is 0.167. The van der Waals surface area contributed by atoms with Crippen LogP contribution in [0.25, 0.3) is 27.6 Å². The van der Waals surface area contributed by atoms with Gasteiger partial charge in [0.1, 0.15) is 11.4 Å². The summed E-state index contributed by atoms with van der Waals surface area (Å²) < 4.78 is 1.73. The van der Waals surface area contributed by atoms with Gasteiger partial charge in [-0.2, -0.15) is 5.10 Å². The van der Waals surface area contributed by atoms with Crippen molar-refractivity contribution in [3.8, 4) is 33.4 Å². The van der Waals surface area contributed by atoms with Gasteiger partial charge in [-0.3, -0.25) is 0 Å². The molecule has 0 bridgehead atoms. The number of benzene rings is 2. The van der Waals surface area contributed by atoms with Crippen LogP contribution in [-0.2, 0) is 0 Å². The smallest absolute Gasteiger partial charge is 0.211 e. The van der Waals surface area contributed by atoms with Gasteiger partial charge in [-0.15, -0.1) is 11.3 Å². The third-order valence-corrected chi connectivity index (χ3v) is 4.68. The number of rotatable bonds is 3. The number of thiazole rings is 1. The maximum atomic E-state index is 10.9. The average molecular weight is 333 g/mol. The highest BCUT2D eigenvalue weighted by Crippen LogP contribution is 2.39. The summed E-state index contributed by atoms with van der Waals surface area (Å²) in [6.45, 7) is 1.95. The van der Waals surface area contributed by atoms with E-state index in [0.717, 1.165) is 22.0 Å². The van der Waals surface area contributed by atoms with Gasteiger partial charge in [0.25, 0.3) is 0 Å². The Balaban J connectivity index is 1.98. The lowest BCUT2D eigenvalue weighted by atomic mass is 10.1. The maximum Gasteiger partial charge on any atom is 0.211 e. The fraction of sp³-hybridized carbons (Fsp3) is 0.0526. The van der Waals surface area contributed by atoms with Gasteiger partial charge >= 0.3 is 0 Å². The van der Waals surface area contributed by atoms with Gasteiger partial charge in [0.05, 0.1) is 5.69 Å². The van der Waals surface area contributed by atoms with E-state index in [9.17, 15) is 5.11 Å². The van der Waals surface area contributed by atoms with Crippen molar-refractivity contribution in [3.05, 3.63) is 71.7 Å². The van der Waals surface area contributed by atoms with Gasteiger partial charge in [-0.25, -0.2) is 9.67 Å². The van der Waals surface area contributed by atoms with Crippen LogP contribution in [0, 0.1) is 6.92 Å². The molecule has 24 heavy (non-hydrogen) atoms. The molecule has 2 heterocycles. The third-order valence-electron chi connectivity index (χ3n) is 3.74. The van der Waals surface area contributed by atoms with Crippen molar-refractivity contribution >= 4 is 11.3 Å². The molecule has 4 aromatic rings. The standard InChI is InChI=1S/C19H15N3OS/c1-13-12-24-19(20-13)22-17(15-10-6-3-7-11-15)18(23)16(21-22)14-8-4-2-5-9-14/h2-12,23H,1H3. The summed E-state index contributed by atoms with van der Waals surface area (Å²) in [6, 6.07) is 19.5. The number of nitrogens with zero attached hydrogens (tertiary/aromatic N) is 3. The summed E-state index contributed by atoms with van der Waals surface area (Å²) in [5, 5.41) is 18.2. The molecule has 0 saturated carbocycles. The van der Waals surface area contributed by atoms with Gasteiger partial charge in [-0.05, 0) is 6.92 Å². The van der Waals surface area contributed by atoms with Crippen molar-refractivity contribution in [3.63, 3.8) is 0 Å². The van der Waals surface area contributed by atoms with Gasteiger partial charge in [0.15, 0.2) is 5.75 Å². The van der Waals surface area contributed by atoms with Gasteiger partial charge in [-0.1, -0.05) is 60.7 Å². The molecule has 0 aliphatic rings. The normalized spacial score (nSPS) is 10.9. The molecule has 1 N–H and O–H groups in total. The van der Waals surface area contributed by atoms with E-state index < -0.39 is 0 Å². The second-order valence-electron chi connectivity index (χ2n) is 5.46. The molecule has 0 spiro atoms. The molecule has 0 radical (unpaired) electrons. The zero-order valence-electron chi connectivity index (χ0n) is 13.0. The highest BCUT2D eigenvalue weighted by Gasteiger charge is 2.22. The van der Waals surface area contributed by atoms with Gasteiger partial charge < -0.3 is 5.11 Å². The lowest BCUT2D eigenvalue weighted by Gasteiger charge is -2.04. The number of hydrogen-bond acceptors (Lipinski definition) is 4. The van der Waals surface area contributed by atoms with Gasteiger partial charge in [0, 0.05) is 16.5 Å². The minimum Gasteiger partial charge on any atom is -0.504 e. The molecule has 0 fully saturated rings. The summed E-state index contributed by atoms with van der Waals surface area (Å²) in [5.74, 6) is 0.167. The van der Waals surface area contributed by atoms with E-state index in [-0.39, 0.29) is 5.75 Å². The average Bonchev–Trinajstić information content (AvgIpc) is 3.20. The van der Waals surface area contributed by atoms with Crippen molar-refractivity contribution < 1.29 is 5.11 Å². The first-order valence-corrected chi connectivity index (χ1v) is 8.47. The van der Waals surface area contributed by atoms with E-state index >= 15 is 0 Å². The fourth-order valence-electron chi connectivity index (χ4n) is 2.63. The second kappa shape index (κ2) is 5.94. The van der Waals surface area contributed by atoms with Crippen molar-refractivity contribution in [1.29, 1.82) is 0 Å². The van der Waals surface area contributed by atoms with Crippen LogP contribution in [0.15, 0.2) is 66.0 Å². The molecule has 118 valence electrons. The lowest BCUT2D eigenvalue weighted by Crippen LogP contribution is -1.98. The van der Waals surface area contributed by atoms with Crippen LogP contribution in [0.3, 0.4) is 0 Å². The quantitative estimate of drug-likeness (QED) is 0.592. The number of aromatic hydroxyl groups is 1. The van der Waals surface area contributed by atoms with Crippen LogP contribution >= 0.6 is 11.3 Å². The summed E-state index contributed by atoms with van der Waals surface area (Å²) in [4.78, 5) is 4.52. The monoisotopic (exact) mass is 333 g/mol. The highest BCUT2D eigenvalue weighted by atomic mass is 32.1. The molecule has 0 atom stereocenters. The summed E-state index contributed by atoms with van der Waals surface area (Å²) in [7, 11) is 0. The van der Waals surface area contributed by atoms with Crippen molar-refractivity contribution in [2.75, 3.05) is 0 Å². The predicted octanol–water partition coefficient (Wildman–Crippen LogP) is 4.68. The first-order chi connectivity index (χ1) is 11.7. The predicted molar refractivity (Wildman–Crippen MR) is 96.5 cm³/mol. The van der Waals surface area contributed by atoms with Crippen LogP contribution in [0.1, 0.15) is 5.69 Å². The van der Waals surface area contributed by atoms with E-state index in [1.165, 1.54) is 11.3 Å². The Morgan fingerprint density at radius 3 is 2.12 bits per heavy atom. The molecule has 2 aromatic heterocycles. The first-order valence-electron chi connectivity index (χ1n) is 7.59. The number of hydrogen-bond donors (Lipinski definition) is 1. The molecular weight excluding hydrogens is 318 g/mol. The number of aromatic nitrogens is 3. The van der Waals surface area contributed by atoms with E-state index in [4.69, 9.17) is 0 Å². The summed E-state index contributed by atoms with van der Waals surface area (Å²) in [5.41, 5.74) is 3.92. The first kappa shape index (κ1) is 14.7. The summed E-state index contributed by atoms with van der Waals surface area (Å²) >= 11 is 1.51. The number of aryl methyl sites for hydroxylation is 1. The third kappa shape index (κ3) is 2.49. The lowest BCUT2D eigenvalue weighted by molar-refractivity contribution is 0.479. The Kier molecular flexibility index (Phi) is 3.63. The van der Waals surface area contributed by atoms with Crippen molar-refractivity contribution in [2.24, 2.45) is 0 Å². The fourth-order valence-corrected chi connectivity index (χ4v) is 3.39. The Hall–Kier alpha value is -2.92. The minimum absolute atomic E-state index is 0.167. The molecule has 5 heteroatoms. The second-order valence-corrected chi connectivity index (χ2v) is 6.30. The van der Waals surface area contributed by atoms with E-state index in [1.54, 1.807) is 4.68 Å². The van der Waals surface area contributed by atoms with E-state index in [2.05, 4.69) is 10.1 Å². The molecule has 0 aliphatic heterocycles. The molecule has 0 amide bonds. The molecule has 0 saturated heterocycles. The van der Waals surface area contributed by atoms with E-state index in [0.29, 0.717) is 11.4 Å². The molecular formula is C19H15N3OS. The largest absolute Gasteiger partial charge is 0.504 e. The molecule has 2 aromatic carbocycles. The van der Waals surface area contributed by atoms with Crippen LogP contribution in [-0.4, -0.2) is 19.9 Å². The Bertz CT molecular complexity index is 975. The zero-order chi connectivity index (χ0) is 16.5. The Morgan fingerprint density at radius 2 is 1.54 bits per heavy atom. The van der Waals surface area contributed by atoms with Crippen LogP contribution in [0.2, 0.25) is 0 Å². The maximum absolute atomic E-state index is 10.9. The highest BCUT2D eigenvalue weighted by molar-refractivity contribution is 7.12. The Labute approximate surface area is 143 Å². The van der Waals surface area contributed by atoms with Crippen LogP contribution < -0.4 is 0 Å². The van der Waals surface area contributed by atoms with Crippen LogP contribution in [0.4, 0.5) is 0 Å². The SMILES string of the molecule is Cc1csc(-n2nc(-c3ccccc3)c(O)c2-c2ccccc2)n1. The van der Waals surface area contributed by atoms with Crippen molar-refractivity contribution in [2.45, 2.75) is 6.92 Å². The van der Waals surface area contributed by atoms with E-state index in [1.807, 2.05) is 73.0 Å². The zero-order valence-corrected chi connectivity index (χ0v) is 13.9. The topological polar surface area (TPSA) is 50.9 Å². The Morgan fingerprint density at radius 1 is 0.917 bits per heavy atom. The van der Waals surface area contributed by atoms with Gasteiger partial charge in [0.2, 0.25) is 5.13 Å². The van der Waals surface area contributed by atoms with Crippen LogP contribution in [0.5, 0.6) is 5.75 Å². The molecule has 4 rings (SSSR count). The van der Waals surface area contributed by atoms with Crippen molar-refractivity contribution in [1.82, 2.24) is 14.8 Å². The molecule has 4 nitrogen and oxygen atoms in total.